The molecule has 0 radical (unpaired) electrons. The molecule has 0 aromatic carbocycles. The van der Waals surface area contributed by atoms with Gasteiger partial charge in [0, 0.05) is 0 Å². The Kier molecular flexibility index (Phi) is 3.49. The molecular formula is C9H17NO2S. The van der Waals surface area contributed by atoms with Gasteiger partial charge >= 0.3 is 0 Å². The van der Waals surface area contributed by atoms with Gasteiger partial charge in [0.1, 0.15) is 0 Å². The lowest BCUT2D eigenvalue weighted by Gasteiger charge is -2.17. The first-order chi connectivity index (χ1) is 6.36. The lowest BCUT2D eigenvalue weighted by molar-refractivity contribution is 0.122. The van der Waals surface area contributed by atoms with Crippen LogP contribution in [0.3, 0.4) is 0 Å². The molecule has 3 nitrogen and oxygen atoms in total. The fourth-order valence-corrected chi connectivity index (χ4v) is 3.08. The molecule has 13 heavy (non-hydrogen) atoms. The van der Waals surface area contributed by atoms with E-state index in [4.69, 9.17) is 4.74 Å². The first kappa shape index (κ1) is 9.77. The molecule has 2 fully saturated rings. The number of aliphatic hydroxyl groups excluding tert-OH is 1. The second-order valence-electron chi connectivity index (χ2n) is 3.85. The highest BCUT2D eigenvalue weighted by atomic mass is 32.2. The smallest absolute Gasteiger partial charge is 0.0948 e. The maximum atomic E-state index is 9.47. The molecule has 0 spiro atoms. The van der Waals surface area contributed by atoms with Crippen molar-refractivity contribution in [3.63, 3.8) is 0 Å². The quantitative estimate of drug-likeness (QED) is 0.682. The molecule has 2 aliphatic heterocycles. The van der Waals surface area contributed by atoms with E-state index in [9.17, 15) is 5.11 Å². The minimum Gasteiger partial charge on any atom is -0.389 e. The minimum absolute atomic E-state index is 0.172. The van der Waals surface area contributed by atoms with Gasteiger partial charge in [-0.25, -0.2) is 0 Å². The molecule has 76 valence electrons. The van der Waals surface area contributed by atoms with E-state index in [0.717, 1.165) is 12.5 Å². The molecule has 0 amide bonds. The van der Waals surface area contributed by atoms with Gasteiger partial charge in [-0.2, -0.15) is 11.8 Å². The van der Waals surface area contributed by atoms with E-state index >= 15 is 0 Å². The average molecular weight is 203 g/mol. The summed E-state index contributed by atoms with van der Waals surface area (Å²) in [7, 11) is 0. The summed E-state index contributed by atoms with van der Waals surface area (Å²) < 4.78 is 5.17. The lowest BCUT2D eigenvalue weighted by Crippen LogP contribution is -2.41. The second kappa shape index (κ2) is 4.64. The van der Waals surface area contributed by atoms with Crippen molar-refractivity contribution in [1.29, 1.82) is 0 Å². The van der Waals surface area contributed by atoms with Crippen LogP contribution in [0.15, 0.2) is 0 Å². The van der Waals surface area contributed by atoms with Crippen molar-refractivity contribution in [2.24, 2.45) is 5.92 Å². The highest BCUT2D eigenvalue weighted by Gasteiger charge is 2.26. The summed E-state index contributed by atoms with van der Waals surface area (Å²) in [5, 5.41) is 12.9. The Morgan fingerprint density at radius 3 is 3.00 bits per heavy atom. The Morgan fingerprint density at radius 2 is 2.38 bits per heavy atom. The molecule has 4 heteroatoms. The van der Waals surface area contributed by atoms with Crippen molar-refractivity contribution >= 4 is 11.8 Å². The SMILES string of the molecule is OC1COCC1NCC1CCSC1. The summed E-state index contributed by atoms with van der Waals surface area (Å²) in [5.74, 6) is 3.38. The van der Waals surface area contributed by atoms with Gasteiger partial charge < -0.3 is 15.2 Å². The van der Waals surface area contributed by atoms with E-state index in [-0.39, 0.29) is 12.1 Å². The number of ether oxygens (including phenoxy) is 1. The van der Waals surface area contributed by atoms with Gasteiger partial charge in [0.25, 0.3) is 0 Å². The van der Waals surface area contributed by atoms with Crippen molar-refractivity contribution in [2.75, 3.05) is 31.3 Å². The summed E-state index contributed by atoms with van der Waals surface area (Å²) in [4.78, 5) is 0. The largest absolute Gasteiger partial charge is 0.389 e. The molecule has 0 aromatic heterocycles. The van der Waals surface area contributed by atoms with Gasteiger partial charge in [0.05, 0.1) is 25.4 Å². The van der Waals surface area contributed by atoms with Gasteiger partial charge in [-0.3, -0.25) is 0 Å². The van der Waals surface area contributed by atoms with Crippen LogP contribution in [0.2, 0.25) is 0 Å². The Labute approximate surface area is 83.2 Å². The van der Waals surface area contributed by atoms with E-state index in [1.807, 2.05) is 11.8 Å². The van der Waals surface area contributed by atoms with Gasteiger partial charge in [-0.05, 0) is 30.4 Å². The van der Waals surface area contributed by atoms with Crippen LogP contribution in [-0.2, 0) is 4.74 Å². The molecule has 2 heterocycles. The molecule has 2 rings (SSSR count). The summed E-state index contributed by atoms with van der Waals surface area (Å²) in [6, 6.07) is 0.172. The van der Waals surface area contributed by atoms with E-state index in [1.165, 1.54) is 17.9 Å². The van der Waals surface area contributed by atoms with Crippen LogP contribution in [0.5, 0.6) is 0 Å². The zero-order chi connectivity index (χ0) is 9.10. The van der Waals surface area contributed by atoms with E-state index < -0.39 is 0 Å². The number of thioether (sulfide) groups is 1. The molecule has 2 N–H and O–H groups in total. The standard InChI is InChI=1S/C9H17NO2S/c11-9-5-12-4-8(9)10-3-7-1-2-13-6-7/h7-11H,1-6H2. The summed E-state index contributed by atoms with van der Waals surface area (Å²) in [5.41, 5.74) is 0. The number of aliphatic hydroxyl groups is 1. The first-order valence-corrected chi connectivity index (χ1v) is 6.08. The molecule has 0 bridgehead atoms. The third-order valence-electron chi connectivity index (χ3n) is 2.74. The molecule has 0 aromatic rings. The molecule has 2 saturated heterocycles. The molecule has 0 aliphatic carbocycles. The topological polar surface area (TPSA) is 41.5 Å². The predicted octanol–water partition coefficient (Wildman–Crippen LogP) is 0.0888. The van der Waals surface area contributed by atoms with Gasteiger partial charge in [0.2, 0.25) is 0 Å². The summed E-state index contributed by atoms with van der Waals surface area (Å²) in [6.45, 7) is 2.20. The minimum atomic E-state index is -0.297. The number of hydrogen-bond donors (Lipinski definition) is 2. The third-order valence-corrected chi connectivity index (χ3v) is 3.97. The van der Waals surface area contributed by atoms with Crippen LogP contribution in [0.1, 0.15) is 6.42 Å². The Bertz CT molecular complexity index is 162. The lowest BCUT2D eigenvalue weighted by atomic mass is 10.1. The van der Waals surface area contributed by atoms with Crippen LogP contribution < -0.4 is 5.32 Å². The van der Waals surface area contributed by atoms with Crippen molar-refractivity contribution in [2.45, 2.75) is 18.6 Å². The molecule has 0 saturated carbocycles. The zero-order valence-corrected chi connectivity index (χ0v) is 8.55. The van der Waals surface area contributed by atoms with E-state index in [0.29, 0.717) is 13.2 Å². The Hall–Kier alpha value is 0.230. The van der Waals surface area contributed by atoms with Crippen LogP contribution in [0.25, 0.3) is 0 Å². The third kappa shape index (κ3) is 2.59. The van der Waals surface area contributed by atoms with Crippen molar-refractivity contribution in [3.05, 3.63) is 0 Å². The zero-order valence-electron chi connectivity index (χ0n) is 7.74. The molecule has 2 aliphatic rings. The first-order valence-electron chi connectivity index (χ1n) is 4.93. The number of nitrogens with one attached hydrogen (secondary N) is 1. The molecule has 3 unspecified atom stereocenters. The fourth-order valence-electron chi connectivity index (χ4n) is 1.80. The van der Waals surface area contributed by atoms with Gasteiger partial charge in [0.15, 0.2) is 0 Å². The van der Waals surface area contributed by atoms with Crippen molar-refractivity contribution < 1.29 is 9.84 Å². The van der Waals surface area contributed by atoms with E-state index in [2.05, 4.69) is 5.32 Å². The van der Waals surface area contributed by atoms with Crippen molar-refractivity contribution in [1.82, 2.24) is 5.32 Å². The van der Waals surface area contributed by atoms with Crippen LogP contribution in [0, 0.1) is 5.92 Å². The monoisotopic (exact) mass is 203 g/mol. The Balaban J connectivity index is 1.66. The van der Waals surface area contributed by atoms with Crippen molar-refractivity contribution in [3.8, 4) is 0 Å². The number of hydrogen-bond acceptors (Lipinski definition) is 4. The summed E-state index contributed by atoms with van der Waals surface area (Å²) in [6.07, 6.45) is 1.02. The molecule has 3 atom stereocenters. The predicted molar refractivity (Wildman–Crippen MR) is 54.0 cm³/mol. The van der Waals surface area contributed by atoms with E-state index in [1.54, 1.807) is 0 Å². The highest BCUT2D eigenvalue weighted by molar-refractivity contribution is 7.99. The van der Waals surface area contributed by atoms with Crippen LogP contribution >= 0.6 is 11.8 Å². The van der Waals surface area contributed by atoms with Gasteiger partial charge in [-0.15, -0.1) is 0 Å². The number of rotatable bonds is 3. The average Bonchev–Trinajstić information content (AvgIpc) is 2.72. The normalized spacial score (nSPS) is 39.9. The van der Waals surface area contributed by atoms with Crippen LogP contribution in [0.4, 0.5) is 0 Å². The maximum Gasteiger partial charge on any atom is 0.0948 e. The Morgan fingerprint density at radius 1 is 1.46 bits per heavy atom. The second-order valence-corrected chi connectivity index (χ2v) is 5.00. The molecular weight excluding hydrogens is 186 g/mol. The maximum absolute atomic E-state index is 9.47. The van der Waals surface area contributed by atoms with Gasteiger partial charge in [-0.1, -0.05) is 0 Å². The van der Waals surface area contributed by atoms with Crippen LogP contribution in [-0.4, -0.2) is 48.5 Å². The highest BCUT2D eigenvalue weighted by Crippen LogP contribution is 2.22. The fraction of sp³-hybridized carbons (Fsp3) is 1.00. The summed E-state index contributed by atoms with van der Waals surface area (Å²) >= 11 is 2.03.